The van der Waals surface area contributed by atoms with Crippen LogP contribution in [0.2, 0.25) is 0 Å². The first kappa shape index (κ1) is 9.74. The smallest absolute Gasteiger partial charge is 0.124 e. The maximum atomic E-state index is 5.55. The van der Waals surface area contributed by atoms with Gasteiger partial charge in [-0.25, -0.2) is 5.43 Å². The molecule has 1 aliphatic carbocycles. The molecule has 0 aromatic carbocycles. The van der Waals surface area contributed by atoms with E-state index >= 15 is 0 Å². The van der Waals surface area contributed by atoms with Gasteiger partial charge in [0.2, 0.25) is 0 Å². The van der Waals surface area contributed by atoms with Crippen molar-refractivity contribution >= 4 is 0 Å². The lowest BCUT2D eigenvalue weighted by Crippen LogP contribution is -2.31. The maximum absolute atomic E-state index is 5.55. The molecular weight excluding hydrogens is 176 g/mol. The molecule has 1 aromatic heterocycles. The van der Waals surface area contributed by atoms with Crippen molar-refractivity contribution in [3.63, 3.8) is 0 Å². The van der Waals surface area contributed by atoms with Crippen molar-refractivity contribution in [1.82, 2.24) is 5.43 Å². The number of hydrogen-bond donors (Lipinski definition) is 2. The monoisotopic (exact) mass is 194 g/mol. The first-order valence-corrected chi connectivity index (χ1v) is 5.31. The molecule has 0 spiro atoms. The summed E-state index contributed by atoms with van der Waals surface area (Å²) in [6.45, 7) is 2.06. The standard InChI is InChI=1S/C11H18N2O/c1-8-5-6-14-11(8)10(13-12)7-9-3-2-4-9/h5-6,9-10,13H,2-4,7,12H2,1H3. The number of nitrogens with two attached hydrogens (primary N) is 1. The minimum Gasteiger partial charge on any atom is -0.467 e. The number of aryl methyl sites for hydroxylation is 1. The number of hydrazine groups is 1. The lowest BCUT2D eigenvalue weighted by atomic mass is 9.80. The summed E-state index contributed by atoms with van der Waals surface area (Å²) >= 11 is 0. The van der Waals surface area contributed by atoms with Crippen LogP contribution in [0.5, 0.6) is 0 Å². The first-order valence-electron chi connectivity index (χ1n) is 5.31. The van der Waals surface area contributed by atoms with Crippen molar-refractivity contribution in [2.45, 2.75) is 38.6 Å². The maximum Gasteiger partial charge on any atom is 0.124 e. The lowest BCUT2D eigenvalue weighted by molar-refractivity contribution is 0.246. The number of furan rings is 1. The van der Waals surface area contributed by atoms with E-state index in [0.717, 1.165) is 18.1 Å². The Morgan fingerprint density at radius 3 is 2.86 bits per heavy atom. The molecule has 14 heavy (non-hydrogen) atoms. The fraction of sp³-hybridized carbons (Fsp3) is 0.636. The summed E-state index contributed by atoms with van der Waals surface area (Å²) in [5.74, 6) is 7.38. The van der Waals surface area contributed by atoms with Gasteiger partial charge < -0.3 is 4.42 Å². The molecule has 78 valence electrons. The molecule has 1 atom stereocenters. The van der Waals surface area contributed by atoms with Gasteiger partial charge in [0, 0.05) is 0 Å². The van der Waals surface area contributed by atoms with Gasteiger partial charge in [-0.1, -0.05) is 19.3 Å². The van der Waals surface area contributed by atoms with Crippen LogP contribution < -0.4 is 11.3 Å². The molecule has 2 rings (SSSR count). The summed E-state index contributed by atoms with van der Waals surface area (Å²) in [7, 11) is 0. The second-order valence-corrected chi connectivity index (χ2v) is 4.22. The molecule has 0 aliphatic heterocycles. The SMILES string of the molecule is Cc1ccoc1C(CC1CCC1)NN. The molecule has 1 unspecified atom stereocenters. The molecule has 0 amide bonds. The highest BCUT2D eigenvalue weighted by molar-refractivity contribution is 5.18. The van der Waals surface area contributed by atoms with Gasteiger partial charge in [-0.05, 0) is 30.9 Å². The number of hydrogen-bond acceptors (Lipinski definition) is 3. The normalized spacial score (nSPS) is 19.3. The topological polar surface area (TPSA) is 51.2 Å². The number of nitrogens with one attached hydrogen (secondary N) is 1. The van der Waals surface area contributed by atoms with Crippen LogP contribution in [0.4, 0.5) is 0 Å². The second-order valence-electron chi connectivity index (χ2n) is 4.22. The molecule has 3 heteroatoms. The Kier molecular flexibility index (Phi) is 2.89. The largest absolute Gasteiger partial charge is 0.467 e. The van der Waals surface area contributed by atoms with Crippen molar-refractivity contribution in [2.24, 2.45) is 11.8 Å². The van der Waals surface area contributed by atoms with Gasteiger partial charge in [0.25, 0.3) is 0 Å². The second kappa shape index (κ2) is 4.15. The van der Waals surface area contributed by atoms with Gasteiger partial charge >= 0.3 is 0 Å². The summed E-state index contributed by atoms with van der Waals surface area (Å²) in [6.07, 6.45) is 6.90. The highest BCUT2D eigenvalue weighted by atomic mass is 16.3. The van der Waals surface area contributed by atoms with Crippen LogP contribution in [-0.4, -0.2) is 0 Å². The Morgan fingerprint density at radius 2 is 2.43 bits per heavy atom. The van der Waals surface area contributed by atoms with E-state index in [1.807, 2.05) is 6.07 Å². The van der Waals surface area contributed by atoms with E-state index in [2.05, 4.69) is 12.3 Å². The summed E-state index contributed by atoms with van der Waals surface area (Å²) in [6, 6.07) is 2.18. The Bertz CT molecular complexity index is 291. The Hall–Kier alpha value is -0.800. The van der Waals surface area contributed by atoms with Gasteiger partial charge in [-0.2, -0.15) is 0 Å². The van der Waals surface area contributed by atoms with Crippen molar-refractivity contribution < 1.29 is 4.42 Å². The molecule has 0 bridgehead atoms. The minimum atomic E-state index is 0.190. The Morgan fingerprint density at radius 1 is 1.64 bits per heavy atom. The van der Waals surface area contributed by atoms with Crippen LogP contribution in [0.3, 0.4) is 0 Å². The molecule has 3 nitrogen and oxygen atoms in total. The zero-order valence-corrected chi connectivity index (χ0v) is 8.62. The highest BCUT2D eigenvalue weighted by Crippen LogP contribution is 2.35. The quantitative estimate of drug-likeness (QED) is 0.571. The predicted molar refractivity (Wildman–Crippen MR) is 55.5 cm³/mol. The van der Waals surface area contributed by atoms with E-state index in [0.29, 0.717) is 0 Å². The first-order chi connectivity index (χ1) is 6.81. The average molecular weight is 194 g/mol. The van der Waals surface area contributed by atoms with Crippen LogP contribution in [0.15, 0.2) is 16.7 Å². The van der Waals surface area contributed by atoms with E-state index in [4.69, 9.17) is 10.3 Å². The zero-order valence-electron chi connectivity index (χ0n) is 8.62. The van der Waals surface area contributed by atoms with Gasteiger partial charge in [0.1, 0.15) is 5.76 Å². The van der Waals surface area contributed by atoms with Gasteiger partial charge in [-0.3, -0.25) is 5.84 Å². The molecule has 0 saturated heterocycles. The van der Waals surface area contributed by atoms with Crippen LogP contribution in [0.1, 0.15) is 43.0 Å². The van der Waals surface area contributed by atoms with Crippen LogP contribution in [-0.2, 0) is 0 Å². The molecule has 1 aliphatic rings. The van der Waals surface area contributed by atoms with Crippen LogP contribution >= 0.6 is 0 Å². The Labute approximate surface area is 84.6 Å². The summed E-state index contributed by atoms with van der Waals surface area (Å²) in [5.41, 5.74) is 4.04. The van der Waals surface area contributed by atoms with Crippen molar-refractivity contribution in [1.29, 1.82) is 0 Å². The fourth-order valence-electron chi connectivity index (χ4n) is 2.05. The highest BCUT2D eigenvalue weighted by Gasteiger charge is 2.24. The third-order valence-corrected chi connectivity index (χ3v) is 3.21. The minimum absolute atomic E-state index is 0.190. The van der Waals surface area contributed by atoms with Crippen LogP contribution in [0, 0.1) is 12.8 Å². The molecular formula is C11H18N2O. The van der Waals surface area contributed by atoms with Gasteiger partial charge in [0.05, 0.1) is 12.3 Å². The predicted octanol–water partition coefficient (Wildman–Crippen LogP) is 2.28. The van der Waals surface area contributed by atoms with E-state index in [-0.39, 0.29) is 6.04 Å². The zero-order chi connectivity index (χ0) is 9.97. The summed E-state index contributed by atoms with van der Waals surface area (Å²) in [5, 5.41) is 0. The van der Waals surface area contributed by atoms with Crippen molar-refractivity contribution in [3.05, 3.63) is 23.7 Å². The van der Waals surface area contributed by atoms with Crippen molar-refractivity contribution in [3.8, 4) is 0 Å². The van der Waals surface area contributed by atoms with Gasteiger partial charge in [-0.15, -0.1) is 0 Å². The Balaban J connectivity index is 2.01. The average Bonchev–Trinajstić information content (AvgIpc) is 2.51. The third kappa shape index (κ3) is 1.83. The van der Waals surface area contributed by atoms with Crippen molar-refractivity contribution in [2.75, 3.05) is 0 Å². The van der Waals surface area contributed by atoms with E-state index in [1.54, 1.807) is 6.26 Å². The van der Waals surface area contributed by atoms with E-state index < -0.39 is 0 Å². The molecule has 1 saturated carbocycles. The molecule has 3 N–H and O–H groups in total. The lowest BCUT2D eigenvalue weighted by Gasteiger charge is -2.28. The number of rotatable bonds is 4. The molecule has 1 aromatic rings. The van der Waals surface area contributed by atoms with Crippen LogP contribution in [0.25, 0.3) is 0 Å². The molecule has 1 heterocycles. The fourth-order valence-corrected chi connectivity index (χ4v) is 2.05. The van der Waals surface area contributed by atoms with E-state index in [1.165, 1.54) is 24.8 Å². The molecule has 1 fully saturated rings. The van der Waals surface area contributed by atoms with E-state index in [9.17, 15) is 0 Å². The van der Waals surface area contributed by atoms with Gasteiger partial charge in [0.15, 0.2) is 0 Å². The molecule has 0 radical (unpaired) electrons. The third-order valence-electron chi connectivity index (χ3n) is 3.21. The summed E-state index contributed by atoms with van der Waals surface area (Å²) < 4.78 is 5.44. The summed E-state index contributed by atoms with van der Waals surface area (Å²) in [4.78, 5) is 0.